The van der Waals surface area contributed by atoms with Crippen LogP contribution < -0.4 is 10.6 Å². The highest BCUT2D eigenvalue weighted by Gasteiger charge is 2.24. The Bertz CT molecular complexity index is 667. The molecular formula is C11H11N5O4. The van der Waals surface area contributed by atoms with Crippen molar-refractivity contribution in [2.45, 2.75) is 6.92 Å². The van der Waals surface area contributed by atoms with E-state index in [2.05, 4.69) is 20.8 Å². The van der Waals surface area contributed by atoms with E-state index in [1.165, 1.54) is 25.2 Å². The van der Waals surface area contributed by atoms with Crippen molar-refractivity contribution in [2.24, 2.45) is 0 Å². The second kappa shape index (κ2) is 5.34. The fourth-order valence-electron chi connectivity index (χ4n) is 1.64. The lowest BCUT2D eigenvalue weighted by atomic mass is 10.1. The zero-order valence-electron chi connectivity index (χ0n) is 10.7. The van der Waals surface area contributed by atoms with Crippen LogP contribution in [0.4, 0.5) is 17.4 Å². The van der Waals surface area contributed by atoms with Crippen LogP contribution in [0.15, 0.2) is 22.6 Å². The molecule has 2 N–H and O–H groups in total. The predicted octanol–water partition coefficient (Wildman–Crippen LogP) is 1.58. The summed E-state index contributed by atoms with van der Waals surface area (Å²) in [5.74, 6) is -0.420. The number of nitrogens with one attached hydrogen (secondary N) is 2. The van der Waals surface area contributed by atoms with Gasteiger partial charge in [-0.05, 0) is 12.1 Å². The molecule has 0 radical (unpaired) electrons. The van der Waals surface area contributed by atoms with Crippen LogP contribution in [0, 0.1) is 17.0 Å². The fourth-order valence-corrected chi connectivity index (χ4v) is 1.64. The topological polar surface area (TPSA) is 123 Å². The van der Waals surface area contributed by atoms with Crippen molar-refractivity contribution in [3.8, 4) is 0 Å². The number of para-hydroxylation sites is 1. The van der Waals surface area contributed by atoms with Gasteiger partial charge in [0, 0.05) is 14.0 Å². The van der Waals surface area contributed by atoms with Crippen LogP contribution >= 0.6 is 0 Å². The van der Waals surface area contributed by atoms with Crippen molar-refractivity contribution in [1.29, 1.82) is 0 Å². The monoisotopic (exact) mass is 277 g/mol. The van der Waals surface area contributed by atoms with Gasteiger partial charge in [-0.1, -0.05) is 11.2 Å². The van der Waals surface area contributed by atoms with Crippen LogP contribution in [0.5, 0.6) is 0 Å². The number of carbonyl (C=O) groups excluding carboxylic acids is 1. The molecule has 0 atom stereocenters. The lowest BCUT2D eigenvalue weighted by Gasteiger charge is -2.06. The molecule has 1 amide bonds. The molecule has 0 saturated heterocycles. The SMILES string of the molecule is CNc1cccc(C(=O)Nc2nnc(C)o2)c1[N+](=O)[O-]. The van der Waals surface area contributed by atoms with E-state index in [0.717, 1.165) is 0 Å². The van der Waals surface area contributed by atoms with E-state index in [4.69, 9.17) is 4.42 Å². The summed E-state index contributed by atoms with van der Waals surface area (Å²) in [6.07, 6.45) is 0. The molecule has 1 aromatic carbocycles. The number of nitrogens with zero attached hydrogens (tertiary/aromatic N) is 3. The van der Waals surface area contributed by atoms with Gasteiger partial charge in [-0.2, -0.15) is 0 Å². The number of nitro benzene ring substituents is 1. The lowest BCUT2D eigenvalue weighted by molar-refractivity contribution is -0.384. The van der Waals surface area contributed by atoms with Gasteiger partial charge < -0.3 is 9.73 Å². The molecule has 104 valence electrons. The number of benzene rings is 1. The molecule has 0 aliphatic heterocycles. The molecule has 1 aromatic heterocycles. The number of carbonyl (C=O) groups is 1. The van der Waals surface area contributed by atoms with Gasteiger partial charge in [-0.3, -0.25) is 20.2 Å². The highest BCUT2D eigenvalue weighted by Crippen LogP contribution is 2.28. The Balaban J connectivity index is 2.36. The first-order valence-corrected chi connectivity index (χ1v) is 5.59. The average molecular weight is 277 g/mol. The normalized spacial score (nSPS) is 10.1. The number of anilines is 2. The minimum atomic E-state index is -0.697. The minimum Gasteiger partial charge on any atom is -0.408 e. The van der Waals surface area contributed by atoms with Gasteiger partial charge in [0.15, 0.2) is 0 Å². The van der Waals surface area contributed by atoms with E-state index in [1.807, 2.05) is 0 Å². The van der Waals surface area contributed by atoms with Crippen LogP contribution in [0.1, 0.15) is 16.2 Å². The molecule has 2 rings (SSSR count). The minimum absolute atomic E-state index is 0.0993. The first kappa shape index (κ1) is 13.5. The van der Waals surface area contributed by atoms with Crippen molar-refractivity contribution in [3.63, 3.8) is 0 Å². The summed E-state index contributed by atoms with van der Waals surface area (Å²) in [7, 11) is 1.53. The Hall–Kier alpha value is -2.97. The fraction of sp³-hybridized carbons (Fsp3) is 0.182. The first-order chi connectivity index (χ1) is 9.52. The molecule has 0 bridgehead atoms. The summed E-state index contributed by atoms with van der Waals surface area (Å²) in [6.45, 7) is 1.56. The second-order valence-corrected chi connectivity index (χ2v) is 3.79. The third-order valence-electron chi connectivity index (χ3n) is 2.48. The van der Waals surface area contributed by atoms with Gasteiger partial charge in [0.05, 0.1) is 4.92 Å². The summed E-state index contributed by atoms with van der Waals surface area (Å²) in [5.41, 5.74) is -0.175. The van der Waals surface area contributed by atoms with E-state index in [-0.39, 0.29) is 28.8 Å². The van der Waals surface area contributed by atoms with E-state index in [0.29, 0.717) is 0 Å². The highest BCUT2D eigenvalue weighted by atomic mass is 16.6. The highest BCUT2D eigenvalue weighted by molar-refractivity contribution is 6.07. The van der Waals surface area contributed by atoms with Crippen LogP contribution in [0.25, 0.3) is 0 Å². The average Bonchev–Trinajstić information content (AvgIpc) is 2.82. The Morgan fingerprint density at radius 1 is 1.40 bits per heavy atom. The summed E-state index contributed by atoms with van der Waals surface area (Å²) < 4.78 is 4.99. The van der Waals surface area contributed by atoms with Gasteiger partial charge in [-0.25, -0.2) is 0 Å². The number of rotatable bonds is 4. The number of aryl methyl sites for hydroxylation is 1. The molecule has 0 aliphatic carbocycles. The van der Waals surface area contributed by atoms with Crippen molar-refractivity contribution in [3.05, 3.63) is 39.8 Å². The van der Waals surface area contributed by atoms with E-state index in [1.54, 1.807) is 6.92 Å². The molecule has 0 spiro atoms. The summed E-state index contributed by atoms with van der Waals surface area (Å²) in [5, 5.41) is 23.2. The molecule has 2 aromatic rings. The van der Waals surface area contributed by atoms with E-state index < -0.39 is 10.8 Å². The van der Waals surface area contributed by atoms with Crippen molar-refractivity contribution < 1.29 is 14.1 Å². The van der Waals surface area contributed by atoms with Crippen molar-refractivity contribution in [1.82, 2.24) is 10.2 Å². The Morgan fingerprint density at radius 2 is 2.15 bits per heavy atom. The molecule has 9 nitrogen and oxygen atoms in total. The standard InChI is InChI=1S/C11H11N5O4/c1-6-14-15-11(20-6)13-10(17)7-4-3-5-8(12-2)9(7)16(18)19/h3-5,12H,1-2H3,(H,13,15,17). The van der Waals surface area contributed by atoms with Crippen molar-refractivity contribution >= 4 is 23.3 Å². The third kappa shape index (κ3) is 2.55. The summed E-state index contributed by atoms with van der Waals surface area (Å²) >= 11 is 0. The number of nitro groups is 1. The third-order valence-corrected chi connectivity index (χ3v) is 2.48. The van der Waals surface area contributed by atoms with Gasteiger partial charge in [0.2, 0.25) is 5.89 Å². The Labute approximate surface area is 113 Å². The molecule has 1 heterocycles. The van der Waals surface area contributed by atoms with Gasteiger partial charge >= 0.3 is 11.7 Å². The maximum absolute atomic E-state index is 12.0. The number of hydrogen-bond donors (Lipinski definition) is 2. The van der Waals surface area contributed by atoms with Crippen molar-refractivity contribution in [2.75, 3.05) is 17.7 Å². The summed E-state index contributed by atoms with van der Waals surface area (Å²) in [6, 6.07) is 4.27. The molecule has 0 fully saturated rings. The smallest absolute Gasteiger partial charge is 0.322 e. The first-order valence-electron chi connectivity index (χ1n) is 5.59. The molecule has 0 unspecified atom stereocenters. The predicted molar refractivity (Wildman–Crippen MR) is 69.6 cm³/mol. The second-order valence-electron chi connectivity index (χ2n) is 3.79. The van der Waals surface area contributed by atoms with Gasteiger partial charge in [0.25, 0.3) is 5.91 Å². The quantitative estimate of drug-likeness (QED) is 0.642. The molecular weight excluding hydrogens is 266 g/mol. The molecule has 20 heavy (non-hydrogen) atoms. The number of amides is 1. The maximum Gasteiger partial charge on any atom is 0.322 e. The molecule has 0 saturated carbocycles. The zero-order chi connectivity index (χ0) is 14.7. The van der Waals surface area contributed by atoms with Crippen LogP contribution in [0.2, 0.25) is 0 Å². The zero-order valence-corrected chi connectivity index (χ0v) is 10.7. The van der Waals surface area contributed by atoms with Gasteiger partial charge in [0.1, 0.15) is 11.3 Å². The van der Waals surface area contributed by atoms with Crippen LogP contribution in [-0.2, 0) is 0 Å². The van der Waals surface area contributed by atoms with Crippen LogP contribution in [-0.4, -0.2) is 28.1 Å². The largest absolute Gasteiger partial charge is 0.408 e. The van der Waals surface area contributed by atoms with E-state index >= 15 is 0 Å². The lowest BCUT2D eigenvalue weighted by Crippen LogP contribution is -2.15. The maximum atomic E-state index is 12.0. The number of aromatic nitrogens is 2. The summed E-state index contributed by atoms with van der Waals surface area (Å²) in [4.78, 5) is 22.5. The molecule has 9 heteroatoms. The van der Waals surface area contributed by atoms with Gasteiger partial charge in [-0.15, -0.1) is 5.10 Å². The van der Waals surface area contributed by atoms with E-state index in [9.17, 15) is 14.9 Å². The Morgan fingerprint density at radius 3 is 2.70 bits per heavy atom. The van der Waals surface area contributed by atoms with Crippen LogP contribution in [0.3, 0.4) is 0 Å². The Kier molecular flexibility index (Phi) is 3.60. The molecule has 0 aliphatic rings. The number of hydrogen-bond acceptors (Lipinski definition) is 7.